The van der Waals surface area contributed by atoms with Crippen molar-refractivity contribution in [1.29, 1.82) is 0 Å². The van der Waals surface area contributed by atoms with Crippen molar-refractivity contribution in [2.24, 2.45) is 5.73 Å². The summed E-state index contributed by atoms with van der Waals surface area (Å²) in [7, 11) is 0. The van der Waals surface area contributed by atoms with Crippen LogP contribution in [-0.4, -0.2) is 30.6 Å². The average molecular weight is 329 g/mol. The molecule has 18 heavy (non-hydrogen) atoms. The largest absolute Gasteiger partial charge is 0.369 e. The molecule has 0 amide bonds. The SMILES string of the molecule is CCC1CN(c2ccc(Br)cc2CCN)CCS1. The van der Waals surface area contributed by atoms with Gasteiger partial charge < -0.3 is 10.6 Å². The molecule has 1 fully saturated rings. The maximum Gasteiger partial charge on any atom is 0.0400 e. The topological polar surface area (TPSA) is 29.3 Å². The highest BCUT2D eigenvalue weighted by Crippen LogP contribution is 2.30. The molecule has 1 heterocycles. The van der Waals surface area contributed by atoms with Gasteiger partial charge >= 0.3 is 0 Å². The summed E-state index contributed by atoms with van der Waals surface area (Å²) in [5, 5.41) is 0.771. The second kappa shape index (κ2) is 6.83. The third-order valence-electron chi connectivity index (χ3n) is 3.39. The summed E-state index contributed by atoms with van der Waals surface area (Å²) in [6, 6.07) is 6.58. The maximum absolute atomic E-state index is 5.72. The van der Waals surface area contributed by atoms with Crippen LogP contribution in [0.5, 0.6) is 0 Å². The number of hydrogen-bond donors (Lipinski definition) is 1. The number of rotatable bonds is 4. The van der Waals surface area contributed by atoms with Gasteiger partial charge in [0.25, 0.3) is 0 Å². The Morgan fingerprint density at radius 2 is 2.33 bits per heavy atom. The highest BCUT2D eigenvalue weighted by atomic mass is 79.9. The van der Waals surface area contributed by atoms with Crippen molar-refractivity contribution in [3.05, 3.63) is 28.2 Å². The normalized spacial score (nSPS) is 20.2. The molecule has 1 saturated heterocycles. The summed E-state index contributed by atoms with van der Waals surface area (Å²) in [5.41, 5.74) is 8.47. The molecular weight excluding hydrogens is 308 g/mol. The van der Waals surface area contributed by atoms with Gasteiger partial charge in [0.05, 0.1) is 0 Å². The number of nitrogens with zero attached hydrogens (tertiary/aromatic N) is 1. The third kappa shape index (κ3) is 3.43. The highest BCUT2D eigenvalue weighted by Gasteiger charge is 2.20. The van der Waals surface area contributed by atoms with Gasteiger partial charge in [-0.2, -0.15) is 11.8 Å². The summed E-state index contributed by atoms with van der Waals surface area (Å²) in [5.74, 6) is 1.23. The lowest BCUT2D eigenvalue weighted by molar-refractivity contribution is 0.724. The Bertz CT molecular complexity index is 397. The number of halogens is 1. The minimum absolute atomic E-state index is 0.712. The second-order valence-electron chi connectivity index (χ2n) is 4.66. The van der Waals surface area contributed by atoms with Crippen LogP contribution in [0, 0.1) is 0 Å². The van der Waals surface area contributed by atoms with Crippen LogP contribution in [0.4, 0.5) is 5.69 Å². The van der Waals surface area contributed by atoms with Gasteiger partial charge in [0.2, 0.25) is 0 Å². The van der Waals surface area contributed by atoms with Crippen molar-refractivity contribution in [1.82, 2.24) is 0 Å². The molecule has 0 radical (unpaired) electrons. The lowest BCUT2D eigenvalue weighted by Crippen LogP contribution is -2.38. The molecule has 2 nitrogen and oxygen atoms in total. The van der Waals surface area contributed by atoms with Crippen LogP contribution in [0.2, 0.25) is 0 Å². The minimum atomic E-state index is 0.712. The Hall–Kier alpha value is -0.190. The van der Waals surface area contributed by atoms with Crippen molar-refractivity contribution in [2.45, 2.75) is 25.0 Å². The Morgan fingerprint density at radius 3 is 3.06 bits per heavy atom. The van der Waals surface area contributed by atoms with Crippen LogP contribution < -0.4 is 10.6 Å². The van der Waals surface area contributed by atoms with E-state index in [1.807, 2.05) is 0 Å². The Labute approximate surface area is 122 Å². The molecule has 0 saturated carbocycles. The maximum atomic E-state index is 5.72. The smallest absolute Gasteiger partial charge is 0.0400 e. The van der Waals surface area contributed by atoms with Crippen LogP contribution in [0.1, 0.15) is 18.9 Å². The molecule has 100 valence electrons. The molecule has 0 bridgehead atoms. The van der Waals surface area contributed by atoms with Crippen LogP contribution in [0.25, 0.3) is 0 Å². The fraction of sp³-hybridized carbons (Fsp3) is 0.571. The van der Waals surface area contributed by atoms with E-state index in [1.54, 1.807) is 0 Å². The lowest BCUT2D eigenvalue weighted by Gasteiger charge is -2.35. The van der Waals surface area contributed by atoms with E-state index in [4.69, 9.17) is 5.73 Å². The molecule has 2 rings (SSSR count). The molecule has 1 aromatic rings. The average Bonchev–Trinajstić information content (AvgIpc) is 2.39. The molecule has 0 aromatic heterocycles. The van der Waals surface area contributed by atoms with Crippen molar-refractivity contribution in [3.63, 3.8) is 0 Å². The summed E-state index contributed by atoms with van der Waals surface area (Å²) < 4.78 is 1.15. The molecule has 4 heteroatoms. The van der Waals surface area contributed by atoms with E-state index in [9.17, 15) is 0 Å². The van der Waals surface area contributed by atoms with E-state index in [2.05, 4.69) is 57.7 Å². The summed E-state index contributed by atoms with van der Waals surface area (Å²) in [6.07, 6.45) is 2.21. The molecule has 0 aliphatic carbocycles. The van der Waals surface area contributed by atoms with Gasteiger partial charge in [-0.3, -0.25) is 0 Å². The van der Waals surface area contributed by atoms with E-state index in [-0.39, 0.29) is 0 Å². The summed E-state index contributed by atoms with van der Waals surface area (Å²) in [4.78, 5) is 2.53. The first-order chi connectivity index (χ1) is 8.74. The quantitative estimate of drug-likeness (QED) is 0.919. The fourth-order valence-corrected chi connectivity index (χ4v) is 3.99. The first-order valence-corrected chi connectivity index (χ1v) is 8.43. The Kier molecular flexibility index (Phi) is 5.39. The first kappa shape index (κ1) is 14.2. The standard InChI is InChI=1S/C14H21BrN2S/c1-2-13-10-17(7-8-18-13)14-4-3-12(15)9-11(14)5-6-16/h3-4,9,13H,2,5-8,10,16H2,1H3. The zero-order chi connectivity index (χ0) is 13.0. The van der Waals surface area contributed by atoms with Crippen LogP contribution in [0.15, 0.2) is 22.7 Å². The van der Waals surface area contributed by atoms with E-state index in [0.29, 0.717) is 6.54 Å². The zero-order valence-electron chi connectivity index (χ0n) is 10.9. The summed E-state index contributed by atoms with van der Waals surface area (Å²) >= 11 is 5.66. The first-order valence-electron chi connectivity index (χ1n) is 6.59. The minimum Gasteiger partial charge on any atom is -0.369 e. The van der Waals surface area contributed by atoms with E-state index in [0.717, 1.165) is 22.7 Å². The summed E-state index contributed by atoms with van der Waals surface area (Å²) in [6.45, 7) is 5.31. The number of benzene rings is 1. The zero-order valence-corrected chi connectivity index (χ0v) is 13.3. The van der Waals surface area contributed by atoms with Crippen molar-refractivity contribution >= 4 is 33.4 Å². The van der Waals surface area contributed by atoms with Gasteiger partial charge in [-0.1, -0.05) is 22.9 Å². The fourth-order valence-electron chi connectivity index (χ4n) is 2.40. The van der Waals surface area contributed by atoms with Crippen LogP contribution >= 0.6 is 27.7 Å². The number of nitrogens with two attached hydrogens (primary N) is 1. The Morgan fingerprint density at radius 1 is 1.50 bits per heavy atom. The molecule has 1 atom stereocenters. The van der Waals surface area contributed by atoms with Gasteiger partial charge in [0, 0.05) is 34.3 Å². The van der Waals surface area contributed by atoms with Crippen molar-refractivity contribution < 1.29 is 0 Å². The van der Waals surface area contributed by atoms with E-state index in [1.165, 1.54) is 30.0 Å². The monoisotopic (exact) mass is 328 g/mol. The second-order valence-corrected chi connectivity index (χ2v) is 6.98. The molecule has 1 aliphatic rings. The van der Waals surface area contributed by atoms with Gasteiger partial charge in [0.1, 0.15) is 0 Å². The predicted octanol–water partition coefficient (Wildman–Crippen LogP) is 3.28. The molecule has 1 unspecified atom stereocenters. The van der Waals surface area contributed by atoms with E-state index >= 15 is 0 Å². The lowest BCUT2D eigenvalue weighted by atomic mass is 10.1. The third-order valence-corrected chi connectivity index (χ3v) is 5.26. The van der Waals surface area contributed by atoms with Gasteiger partial charge in [-0.25, -0.2) is 0 Å². The van der Waals surface area contributed by atoms with Gasteiger partial charge in [-0.15, -0.1) is 0 Å². The van der Waals surface area contributed by atoms with Crippen LogP contribution in [-0.2, 0) is 6.42 Å². The van der Waals surface area contributed by atoms with Crippen LogP contribution in [0.3, 0.4) is 0 Å². The molecular formula is C14H21BrN2S. The van der Waals surface area contributed by atoms with Gasteiger partial charge in [-0.05, 0) is 43.1 Å². The number of hydrogen-bond acceptors (Lipinski definition) is 3. The molecule has 1 aliphatic heterocycles. The van der Waals surface area contributed by atoms with E-state index < -0.39 is 0 Å². The van der Waals surface area contributed by atoms with Gasteiger partial charge in [0.15, 0.2) is 0 Å². The number of thioether (sulfide) groups is 1. The predicted molar refractivity (Wildman–Crippen MR) is 85.7 cm³/mol. The molecule has 1 aromatic carbocycles. The highest BCUT2D eigenvalue weighted by molar-refractivity contribution is 9.10. The van der Waals surface area contributed by atoms with Crippen molar-refractivity contribution in [3.8, 4) is 0 Å². The molecule has 0 spiro atoms. The Balaban J connectivity index is 2.20. The molecule has 2 N–H and O–H groups in total. The number of anilines is 1. The van der Waals surface area contributed by atoms with Crippen molar-refractivity contribution in [2.75, 3.05) is 30.3 Å².